The number of hydrogen-bond acceptors (Lipinski definition) is 4. The van der Waals surface area contributed by atoms with Gasteiger partial charge in [0.2, 0.25) is 5.91 Å². The second kappa shape index (κ2) is 7.10. The van der Waals surface area contributed by atoms with Gasteiger partial charge in [0.05, 0.1) is 12.0 Å². The molecule has 2 fully saturated rings. The summed E-state index contributed by atoms with van der Waals surface area (Å²) in [6, 6.07) is 17.7. The zero-order valence-corrected chi connectivity index (χ0v) is 17.4. The Morgan fingerprint density at radius 3 is 2.57 bits per heavy atom. The van der Waals surface area contributed by atoms with Gasteiger partial charge in [0.1, 0.15) is 17.3 Å². The summed E-state index contributed by atoms with van der Waals surface area (Å²) in [6.07, 6.45) is 2.45. The van der Waals surface area contributed by atoms with Crippen LogP contribution in [0.25, 0.3) is 11.1 Å². The number of carbonyl (C=O) groups excluding carboxylic acids is 1. The van der Waals surface area contributed by atoms with Crippen LogP contribution in [0, 0.1) is 18.3 Å². The molecule has 2 heterocycles. The van der Waals surface area contributed by atoms with Gasteiger partial charge in [-0.25, -0.2) is 0 Å². The van der Waals surface area contributed by atoms with E-state index < -0.39 is 5.41 Å². The van der Waals surface area contributed by atoms with Crippen molar-refractivity contribution in [3.8, 4) is 11.1 Å². The lowest BCUT2D eigenvalue weighted by Gasteiger charge is -2.28. The summed E-state index contributed by atoms with van der Waals surface area (Å²) in [7, 11) is 0. The first-order valence-electron chi connectivity index (χ1n) is 10.2. The second-order valence-corrected chi connectivity index (χ2v) is 8.72. The molecule has 1 saturated heterocycles. The number of rotatable bonds is 5. The number of likely N-dealkylation sites (tertiary alicyclic amines) is 1. The summed E-state index contributed by atoms with van der Waals surface area (Å²) in [4.78, 5) is 15.3. The minimum Gasteiger partial charge on any atom is -0.361 e. The Morgan fingerprint density at radius 2 is 1.90 bits per heavy atom. The number of nitrogens with zero attached hydrogens (tertiary/aromatic N) is 2. The molecule has 0 radical (unpaired) electrons. The molecule has 1 saturated carbocycles. The Labute approximate surface area is 180 Å². The molecule has 0 bridgehead atoms. The lowest BCUT2D eigenvalue weighted by atomic mass is 9.74. The van der Waals surface area contributed by atoms with Crippen molar-refractivity contribution in [3.05, 3.63) is 76.6 Å². The number of amidine groups is 1. The van der Waals surface area contributed by atoms with Gasteiger partial charge in [0.15, 0.2) is 0 Å². The molecule has 1 atom stereocenters. The molecule has 6 heteroatoms. The number of carbonyl (C=O) groups is 1. The normalized spacial score (nSPS) is 21.5. The first kappa shape index (κ1) is 19.1. The van der Waals surface area contributed by atoms with E-state index in [0.29, 0.717) is 28.7 Å². The molecule has 2 aliphatic rings. The van der Waals surface area contributed by atoms with Crippen molar-refractivity contribution in [2.45, 2.75) is 38.1 Å². The number of hydrogen-bond donors (Lipinski definition) is 1. The topological polar surface area (TPSA) is 70.2 Å². The lowest BCUT2D eigenvalue weighted by molar-refractivity contribution is -0.132. The minimum absolute atomic E-state index is 0.00102. The molecule has 152 valence electrons. The molecule has 1 N–H and O–H groups in total. The molecule has 1 aliphatic heterocycles. The fraction of sp³-hybridized carbons (Fsp3) is 0.292. The molecule has 3 aromatic rings. The lowest BCUT2D eigenvalue weighted by Crippen LogP contribution is -2.40. The average molecular weight is 420 g/mol. The van der Waals surface area contributed by atoms with E-state index in [2.05, 4.69) is 11.2 Å². The van der Waals surface area contributed by atoms with Gasteiger partial charge in [0.25, 0.3) is 0 Å². The van der Waals surface area contributed by atoms with E-state index in [0.717, 1.165) is 29.5 Å². The Kier molecular flexibility index (Phi) is 4.51. The summed E-state index contributed by atoms with van der Waals surface area (Å²) >= 11 is 6.19. The van der Waals surface area contributed by atoms with Gasteiger partial charge in [-0.3, -0.25) is 15.1 Å². The van der Waals surface area contributed by atoms with Crippen molar-refractivity contribution in [3.63, 3.8) is 0 Å². The first-order valence-corrected chi connectivity index (χ1v) is 10.5. The van der Waals surface area contributed by atoms with Crippen LogP contribution in [0.3, 0.4) is 0 Å². The number of halogens is 1. The third-order valence-electron chi connectivity index (χ3n) is 6.21. The highest BCUT2D eigenvalue weighted by molar-refractivity contribution is 6.30. The van der Waals surface area contributed by atoms with Gasteiger partial charge in [-0.05, 0) is 54.5 Å². The Morgan fingerprint density at radius 1 is 1.17 bits per heavy atom. The molecule has 5 nitrogen and oxygen atoms in total. The van der Waals surface area contributed by atoms with Crippen molar-refractivity contribution in [2.24, 2.45) is 5.92 Å². The predicted molar refractivity (Wildman–Crippen MR) is 115 cm³/mol. The largest absolute Gasteiger partial charge is 0.361 e. The van der Waals surface area contributed by atoms with Crippen LogP contribution >= 0.6 is 11.6 Å². The van der Waals surface area contributed by atoms with Crippen molar-refractivity contribution < 1.29 is 9.32 Å². The van der Waals surface area contributed by atoms with Crippen molar-refractivity contribution >= 4 is 23.3 Å². The molecule has 1 amide bonds. The fourth-order valence-electron chi connectivity index (χ4n) is 4.62. The van der Waals surface area contributed by atoms with Crippen LogP contribution in [-0.2, 0) is 16.8 Å². The van der Waals surface area contributed by atoms with Crippen LogP contribution in [0.1, 0.15) is 36.3 Å². The van der Waals surface area contributed by atoms with Crippen LogP contribution in [0.2, 0.25) is 5.02 Å². The predicted octanol–water partition coefficient (Wildman–Crippen LogP) is 5.36. The molecule has 1 aromatic heterocycles. The summed E-state index contributed by atoms with van der Waals surface area (Å²) in [5.74, 6) is 1.31. The Bertz CT molecular complexity index is 1150. The van der Waals surface area contributed by atoms with Crippen LogP contribution in [0.15, 0.2) is 59.1 Å². The van der Waals surface area contributed by atoms with Gasteiger partial charge < -0.3 is 4.52 Å². The van der Waals surface area contributed by atoms with E-state index >= 15 is 0 Å². The van der Waals surface area contributed by atoms with E-state index in [1.54, 1.807) is 4.90 Å². The smallest absolute Gasteiger partial charge is 0.239 e. The van der Waals surface area contributed by atoms with E-state index in [-0.39, 0.29) is 18.4 Å². The maximum Gasteiger partial charge on any atom is 0.239 e. The van der Waals surface area contributed by atoms with Crippen molar-refractivity contribution in [1.29, 1.82) is 5.41 Å². The van der Waals surface area contributed by atoms with Gasteiger partial charge >= 0.3 is 0 Å². The number of aryl methyl sites for hydroxylation is 1. The Balaban J connectivity index is 1.53. The van der Waals surface area contributed by atoms with Crippen LogP contribution in [0.4, 0.5) is 0 Å². The first-order chi connectivity index (χ1) is 14.5. The number of aromatic nitrogens is 1. The molecule has 30 heavy (non-hydrogen) atoms. The third kappa shape index (κ3) is 3.14. The van der Waals surface area contributed by atoms with E-state index in [1.807, 2.05) is 55.5 Å². The number of amides is 1. The quantitative estimate of drug-likeness (QED) is 0.605. The van der Waals surface area contributed by atoms with Gasteiger partial charge in [-0.1, -0.05) is 53.2 Å². The maximum absolute atomic E-state index is 13.7. The summed E-state index contributed by atoms with van der Waals surface area (Å²) < 4.78 is 5.15. The summed E-state index contributed by atoms with van der Waals surface area (Å²) in [5, 5.41) is 13.3. The molecular formula is C24H22ClN3O2. The number of benzene rings is 2. The highest BCUT2D eigenvalue weighted by atomic mass is 35.5. The highest BCUT2D eigenvalue weighted by Crippen LogP contribution is 2.54. The fourth-order valence-corrected chi connectivity index (χ4v) is 4.81. The zero-order chi connectivity index (χ0) is 20.9. The zero-order valence-electron chi connectivity index (χ0n) is 16.7. The third-order valence-corrected chi connectivity index (χ3v) is 6.44. The van der Waals surface area contributed by atoms with Gasteiger partial charge in [0, 0.05) is 17.5 Å². The molecule has 5 rings (SSSR count). The van der Waals surface area contributed by atoms with Crippen LogP contribution < -0.4 is 0 Å². The monoisotopic (exact) mass is 419 g/mol. The van der Waals surface area contributed by atoms with Crippen LogP contribution in [-0.4, -0.2) is 21.8 Å². The van der Waals surface area contributed by atoms with Crippen LogP contribution in [0.5, 0.6) is 0 Å². The number of nitrogens with one attached hydrogen (secondary N) is 1. The maximum atomic E-state index is 13.7. The molecule has 0 spiro atoms. The van der Waals surface area contributed by atoms with Gasteiger partial charge in [-0.2, -0.15) is 0 Å². The standard InChI is InChI=1S/C24H22ClN3O2/c1-15-10-21(27-30-15)14-28-22(26)13-24(23(28)29,18-8-9-18)19-6-2-4-16(11-19)17-5-3-7-20(25)12-17/h2-7,10-12,18,26H,8-9,13-14H2,1H3. The SMILES string of the molecule is Cc1cc(CN2C(=N)CC(c3cccc(-c4cccc(Cl)c4)c3)(C3CC3)C2=O)no1. The summed E-state index contributed by atoms with van der Waals surface area (Å²) in [6.45, 7) is 2.10. The molecule has 1 aliphatic carbocycles. The van der Waals surface area contributed by atoms with Crippen molar-refractivity contribution in [1.82, 2.24) is 10.1 Å². The van der Waals surface area contributed by atoms with E-state index in [4.69, 9.17) is 21.5 Å². The van der Waals surface area contributed by atoms with Gasteiger partial charge in [-0.15, -0.1) is 0 Å². The highest BCUT2D eigenvalue weighted by Gasteiger charge is 2.58. The molecule has 1 unspecified atom stereocenters. The second-order valence-electron chi connectivity index (χ2n) is 8.28. The summed E-state index contributed by atoms with van der Waals surface area (Å²) in [5.41, 5.74) is 3.02. The average Bonchev–Trinajstić information content (AvgIpc) is 3.46. The Hall–Kier alpha value is -2.92. The minimum atomic E-state index is -0.676. The van der Waals surface area contributed by atoms with E-state index in [9.17, 15) is 4.79 Å². The molecular weight excluding hydrogens is 398 g/mol. The van der Waals surface area contributed by atoms with E-state index in [1.165, 1.54) is 0 Å². The van der Waals surface area contributed by atoms with Crippen molar-refractivity contribution in [2.75, 3.05) is 0 Å². The molecule has 2 aromatic carbocycles.